The molecule has 0 saturated carbocycles. The molecule has 47 heavy (non-hydrogen) atoms. The summed E-state index contributed by atoms with van der Waals surface area (Å²) in [5.41, 5.74) is 27.3. The van der Waals surface area contributed by atoms with Crippen LogP contribution in [-0.4, -0.2) is 69.6 Å². The van der Waals surface area contributed by atoms with Crippen LogP contribution >= 0.6 is 0 Å². The van der Waals surface area contributed by atoms with E-state index in [-0.39, 0.29) is 25.2 Å². The molecular formula is C34H57N5O8. The predicted molar refractivity (Wildman–Crippen MR) is 179 cm³/mol. The van der Waals surface area contributed by atoms with Crippen LogP contribution in [0.25, 0.3) is 0 Å². The number of hydrogen-bond acceptors (Lipinski definition) is 12. The molecule has 1 saturated heterocycles. The summed E-state index contributed by atoms with van der Waals surface area (Å²) in [4.78, 5) is 37.0. The lowest BCUT2D eigenvalue weighted by Gasteiger charge is -2.48. The Balaban J connectivity index is 2.46. The second-order valence-corrected chi connectivity index (χ2v) is 13.6. The molecule has 0 aliphatic carbocycles. The Morgan fingerprint density at radius 2 is 1.70 bits per heavy atom. The Bertz CT molecular complexity index is 1240. The van der Waals surface area contributed by atoms with Gasteiger partial charge in [0.15, 0.2) is 0 Å². The van der Waals surface area contributed by atoms with Crippen LogP contribution in [0.15, 0.2) is 47.6 Å². The molecule has 0 aromatic rings. The molecular weight excluding hydrogens is 606 g/mol. The number of rotatable bonds is 7. The number of primary amides is 1. The first kappa shape index (κ1) is 40.1. The van der Waals surface area contributed by atoms with Crippen LogP contribution in [0.5, 0.6) is 0 Å². The first-order valence-corrected chi connectivity index (χ1v) is 16.3. The Kier molecular flexibility index (Phi) is 14.0. The molecule has 266 valence electrons. The maximum atomic E-state index is 13.1. The van der Waals surface area contributed by atoms with E-state index in [4.69, 9.17) is 42.9 Å². The minimum absolute atomic E-state index is 0.0664. The molecule has 1 fully saturated rings. The van der Waals surface area contributed by atoms with E-state index in [2.05, 4.69) is 0 Å². The highest BCUT2D eigenvalue weighted by Gasteiger charge is 2.52. The smallest absolute Gasteiger partial charge is 0.405 e. The average Bonchev–Trinajstić information content (AvgIpc) is 2.96. The van der Waals surface area contributed by atoms with Crippen LogP contribution in [0.1, 0.15) is 80.6 Å². The SMILES string of the molecule is CC[C@@H]1OC(=O)C[C@@](O)(CC(N)(N)C(N)(N)/C=C(\C)C2OC(=O)CC/C=C(\C)C(C)[C@H](O)C(C)C(OC(N)=O)/C=C\C=C/[C@@H]2C)C1C. The monoisotopic (exact) mass is 663 g/mol. The third-order valence-electron chi connectivity index (χ3n) is 9.78. The number of amides is 1. The molecule has 9 atom stereocenters. The normalized spacial score (nSPS) is 36.4. The van der Waals surface area contributed by atoms with Gasteiger partial charge in [-0.25, -0.2) is 4.79 Å². The maximum absolute atomic E-state index is 13.1. The standard InChI is InChI=1S/C34H57N5O8/c1-8-25-24(7)32(44,17-28(41)45-25)18-34(38,39)33(36,37)16-21(4)30-20(3)12-9-10-14-26(46-31(35)43)23(6)29(42)22(5)19(2)13-11-15-27(40)47-30/h9-10,12-14,16,20,22-26,29-30,42,44H,8,11,15,17-18,36-39H2,1-7H3,(H2,35,43)/b12-9-,14-10-,19-13+,21-16+/t20-,22?,23?,24?,25-,26?,29-,30?,32+/m0/s1. The number of esters is 2. The van der Waals surface area contributed by atoms with Crippen molar-refractivity contribution in [1.29, 1.82) is 0 Å². The fourth-order valence-corrected chi connectivity index (χ4v) is 6.29. The summed E-state index contributed by atoms with van der Waals surface area (Å²) in [6.07, 6.45) is 6.40. The van der Waals surface area contributed by atoms with E-state index < -0.39 is 77.1 Å². The van der Waals surface area contributed by atoms with Gasteiger partial charge in [0.25, 0.3) is 0 Å². The number of cyclic esters (lactones) is 2. The molecule has 2 aliphatic heterocycles. The number of carbonyl (C=O) groups excluding carboxylic acids is 3. The zero-order valence-electron chi connectivity index (χ0n) is 28.8. The topological polar surface area (TPSA) is 249 Å². The summed E-state index contributed by atoms with van der Waals surface area (Å²) in [5, 5.41) is 22.5. The van der Waals surface area contributed by atoms with E-state index in [9.17, 15) is 24.6 Å². The lowest BCUT2D eigenvalue weighted by atomic mass is 9.71. The van der Waals surface area contributed by atoms with Crippen molar-refractivity contribution in [2.45, 2.75) is 122 Å². The fourth-order valence-electron chi connectivity index (χ4n) is 6.29. The molecule has 0 aromatic heterocycles. The van der Waals surface area contributed by atoms with E-state index in [1.807, 2.05) is 33.8 Å². The Hall–Kier alpha value is -3.07. The van der Waals surface area contributed by atoms with Gasteiger partial charge in [-0.05, 0) is 44.4 Å². The molecule has 13 heteroatoms. The van der Waals surface area contributed by atoms with E-state index >= 15 is 0 Å². The number of nitrogens with two attached hydrogens (primary N) is 5. The van der Waals surface area contributed by atoms with Gasteiger partial charge in [-0.15, -0.1) is 0 Å². The minimum Gasteiger partial charge on any atom is -0.462 e. The highest BCUT2D eigenvalue weighted by molar-refractivity contribution is 5.72. The summed E-state index contributed by atoms with van der Waals surface area (Å²) in [6.45, 7) is 12.6. The Morgan fingerprint density at radius 1 is 1.09 bits per heavy atom. The number of hydrogen-bond donors (Lipinski definition) is 7. The fraction of sp³-hybridized carbons (Fsp3) is 0.676. The first-order valence-electron chi connectivity index (χ1n) is 16.3. The summed E-state index contributed by atoms with van der Waals surface area (Å²) in [7, 11) is 0. The van der Waals surface area contributed by atoms with Gasteiger partial charge in [-0.3, -0.25) is 9.59 Å². The van der Waals surface area contributed by atoms with Crippen LogP contribution in [-0.2, 0) is 23.8 Å². The number of carbonyl (C=O) groups is 3. The molecule has 13 nitrogen and oxygen atoms in total. The molecule has 12 N–H and O–H groups in total. The van der Waals surface area contributed by atoms with Crippen LogP contribution in [0.4, 0.5) is 4.79 Å². The van der Waals surface area contributed by atoms with E-state index in [1.54, 1.807) is 45.1 Å². The number of aliphatic hydroxyl groups is 2. The molecule has 1 amide bonds. The highest BCUT2D eigenvalue weighted by Crippen LogP contribution is 2.39. The zero-order valence-corrected chi connectivity index (χ0v) is 28.8. The van der Waals surface area contributed by atoms with Crippen molar-refractivity contribution in [1.82, 2.24) is 0 Å². The Morgan fingerprint density at radius 3 is 2.30 bits per heavy atom. The third kappa shape index (κ3) is 10.5. The molecule has 2 aliphatic rings. The van der Waals surface area contributed by atoms with Gasteiger partial charge in [0, 0.05) is 36.5 Å². The van der Waals surface area contributed by atoms with Crippen LogP contribution in [0.2, 0.25) is 0 Å². The third-order valence-corrected chi connectivity index (χ3v) is 9.78. The zero-order chi connectivity index (χ0) is 35.9. The van der Waals surface area contributed by atoms with Gasteiger partial charge < -0.3 is 53.1 Å². The summed E-state index contributed by atoms with van der Waals surface area (Å²) >= 11 is 0. The predicted octanol–water partition coefficient (Wildman–Crippen LogP) is 2.14. The first-order chi connectivity index (χ1) is 21.7. The van der Waals surface area contributed by atoms with E-state index in [0.29, 0.717) is 18.4 Å². The molecule has 5 unspecified atom stereocenters. The van der Waals surface area contributed by atoms with Gasteiger partial charge in [-0.2, -0.15) is 0 Å². The molecule has 0 spiro atoms. The molecule has 0 bridgehead atoms. The lowest BCUT2D eigenvalue weighted by molar-refractivity contribution is -0.187. The van der Waals surface area contributed by atoms with Crippen LogP contribution in [0, 0.1) is 23.7 Å². The van der Waals surface area contributed by atoms with Gasteiger partial charge >= 0.3 is 18.0 Å². The molecule has 2 rings (SSSR count). The van der Waals surface area contributed by atoms with Gasteiger partial charge in [-0.1, -0.05) is 64.5 Å². The number of ether oxygens (including phenoxy) is 3. The van der Waals surface area contributed by atoms with Gasteiger partial charge in [0.2, 0.25) is 0 Å². The number of allylic oxidation sites excluding steroid dienone is 3. The van der Waals surface area contributed by atoms with Crippen molar-refractivity contribution < 1.29 is 38.8 Å². The molecule has 0 radical (unpaired) electrons. The van der Waals surface area contributed by atoms with Gasteiger partial charge in [0.1, 0.15) is 29.6 Å². The quantitative estimate of drug-likeness (QED) is 0.0896. The van der Waals surface area contributed by atoms with Crippen LogP contribution < -0.4 is 28.7 Å². The largest absolute Gasteiger partial charge is 0.462 e. The average molecular weight is 664 g/mol. The van der Waals surface area contributed by atoms with Crippen molar-refractivity contribution in [2.24, 2.45) is 52.3 Å². The van der Waals surface area contributed by atoms with Crippen molar-refractivity contribution in [3.63, 3.8) is 0 Å². The van der Waals surface area contributed by atoms with Crippen molar-refractivity contribution in [3.05, 3.63) is 47.6 Å². The second kappa shape index (κ2) is 16.4. The van der Waals surface area contributed by atoms with Gasteiger partial charge in [0.05, 0.1) is 18.1 Å². The summed E-state index contributed by atoms with van der Waals surface area (Å²) < 4.78 is 16.6. The van der Waals surface area contributed by atoms with E-state index in [1.165, 1.54) is 6.08 Å². The maximum Gasteiger partial charge on any atom is 0.405 e. The second-order valence-electron chi connectivity index (χ2n) is 13.6. The van der Waals surface area contributed by atoms with E-state index in [0.717, 1.165) is 5.57 Å². The summed E-state index contributed by atoms with van der Waals surface area (Å²) in [6, 6.07) is 0. The van der Waals surface area contributed by atoms with Crippen LogP contribution in [0.3, 0.4) is 0 Å². The molecule has 2 heterocycles. The minimum atomic E-state index is -1.91. The number of aliphatic hydroxyl groups excluding tert-OH is 1. The van der Waals surface area contributed by atoms with Crippen molar-refractivity contribution in [2.75, 3.05) is 0 Å². The molecule has 0 aromatic carbocycles. The Labute approximate surface area is 278 Å². The van der Waals surface area contributed by atoms with Crippen molar-refractivity contribution >= 4 is 18.0 Å². The van der Waals surface area contributed by atoms with Crippen molar-refractivity contribution in [3.8, 4) is 0 Å². The highest BCUT2D eigenvalue weighted by atomic mass is 16.6. The summed E-state index contributed by atoms with van der Waals surface area (Å²) in [5.74, 6) is -2.70. The lowest BCUT2D eigenvalue weighted by Crippen LogP contribution is -2.77.